The van der Waals surface area contributed by atoms with Crippen LogP contribution in [0.4, 0.5) is 0 Å². The fourth-order valence-electron chi connectivity index (χ4n) is 2.59. The summed E-state index contributed by atoms with van der Waals surface area (Å²) < 4.78 is 1.78. The number of aromatic nitrogens is 2. The van der Waals surface area contributed by atoms with Crippen molar-refractivity contribution in [3.8, 4) is 5.69 Å². The van der Waals surface area contributed by atoms with Crippen LogP contribution in [0.5, 0.6) is 0 Å². The van der Waals surface area contributed by atoms with E-state index in [1.54, 1.807) is 16.6 Å². The van der Waals surface area contributed by atoms with E-state index in [0.717, 1.165) is 16.9 Å². The van der Waals surface area contributed by atoms with E-state index in [-0.39, 0.29) is 5.91 Å². The zero-order valence-electron chi connectivity index (χ0n) is 13.6. The number of benzene rings is 2. The quantitative estimate of drug-likeness (QED) is 0.717. The summed E-state index contributed by atoms with van der Waals surface area (Å²) in [5.74, 6) is -0.118. The number of carbonyl (C=O) groups excluding carboxylic acids is 1. The van der Waals surface area contributed by atoms with E-state index in [2.05, 4.69) is 5.10 Å². The highest BCUT2D eigenvalue weighted by Crippen LogP contribution is 2.15. The summed E-state index contributed by atoms with van der Waals surface area (Å²) in [7, 11) is 1.76. The highest BCUT2D eigenvalue weighted by Gasteiger charge is 2.17. The van der Waals surface area contributed by atoms with Crippen LogP contribution < -0.4 is 0 Å². The number of rotatable bonds is 4. The molecule has 0 N–H and O–H groups in total. The second-order valence-corrected chi connectivity index (χ2v) is 6.15. The number of nitrogens with zero attached hydrogens (tertiary/aromatic N) is 3. The van der Waals surface area contributed by atoms with Crippen molar-refractivity contribution in [3.05, 3.63) is 82.6 Å². The second kappa shape index (κ2) is 6.89. The van der Waals surface area contributed by atoms with Crippen LogP contribution in [-0.4, -0.2) is 27.6 Å². The van der Waals surface area contributed by atoms with Crippen LogP contribution in [0, 0.1) is 6.92 Å². The molecule has 3 rings (SSSR count). The van der Waals surface area contributed by atoms with Gasteiger partial charge in [-0.2, -0.15) is 5.10 Å². The van der Waals surface area contributed by atoms with Crippen molar-refractivity contribution in [2.24, 2.45) is 0 Å². The third-order valence-corrected chi connectivity index (χ3v) is 4.00. The van der Waals surface area contributed by atoms with Gasteiger partial charge in [-0.3, -0.25) is 4.79 Å². The van der Waals surface area contributed by atoms with Gasteiger partial charge >= 0.3 is 0 Å². The lowest BCUT2D eigenvalue weighted by Crippen LogP contribution is -2.26. The van der Waals surface area contributed by atoms with Crippen molar-refractivity contribution >= 4 is 17.5 Å². The first kappa shape index (κ1) is 16.3. The molecule has 122 valence electrons. The van der Waals surface area contributed by atoms with Gasteiger partial charge in [0.1, 0.15) is 0 Å². The van der Waals surface area contributed by atoms with E-state index in [1.807, 2.05) is 67.6 Å². The summed E-state index contributed by atoms with van der Waals surface area (Å²) in [5, 5.41) is 5.12. The molecule has 1 aromatic heterocycles. The molecule has 2 aromatic carbocycles. The Hall–Kier alpha value is -2.59. The highest BCUT2D eigenvalue weighted by atomic mass is 35.5. The van der Waals surface area contributed by atoms with Gasteiger partial charge in [0.05, 0.1) is 5.69 Å². The van der Waals surface area contributed by atoms with Gasteiger partial charge in [0.2, 0.25) is 0 Å². The molecule has 1 heterocycles. The van der Waals surface area contributed by atoms with Crippen LogP contribution in [0.3, 0.4) is 0 Å². The fraction of sp³-hybridized carbons (Fsp3) is 0.158. The molecular weight excluding hydrogens is 322 g/mol. The molecule has 3 aromatic rings. The SMILES string of the molecule is Cc1cc(C(=O)N(C)Cc2cccc(Cl)c2)nn1-c1ccccc1. The lowest BCUT2D eigenvalue weighted by atomic mass is 10.2. The Kier molecular flexibility index (Phi) is 4.67. The maximum atomic E-state index is 12.6. The lowest BCUT2D eigenvalue weighted by molar-refractivity contribution is 0.0779. The van der Waals surface area contributed by atoms with Crippen molar-refractivity contribution in [2.75, 3.05) is 7.05 Å². The largest absolute Gasteiger partial charge is 0.336 e. The van der Waals surface area contributed by atoms with Gasteiger partial charge in [0, 0.05) is 24.3 Å². The van der Waals surface area contributed by atoms with E-state index in [1.165, 1.54) is 0 Å². The number of para-hydroxylation sites is 1. The van der Waals surface area contributed by atoms with Gasteiger partial charge in [-0.1, -0.05) is 41.9 Å². The number of hydrogen-bond acceptors (Lipinski definition) is 2. The normalized spacial score (nSPS) is 10.6. The summed E-state index contributed by atoms with van der Waals surface area (Å²) in [6, 6.07) is 19.1. The highest BCUT2D eigenvalue weighted by molar-refractivity contribution is 6.30. The molecule has 0 atom stereocenters. The van der Waals surface area contributed by atoms with Crippen molar-refractivity contribution in [1.82, 2.24) is 14.7 Å². The number of carbonyl (C=O) groups is 1. The summed E-state index contributed by atoms with van der Waals surface area (Å²) >= 11 is 6.00. The Morgan fingerprint density at radius 2 is 1.88 bits per heavy atom. The first-order chi connectivity index (χ1) is 11.5. The van der Waals surface area contributed by atoms with E-state index in [0.29, 0.717) is 17.3 Å². The van der Waals surface area contributed by atoms with E-state index in [9.17, 15) is 4.79 Å². The average Bonchev–Trinajstić information content (AvgIpc) is 2.96. The Balaban J connectivity index is 1.80. The smallest absolute Gasteiger partial charge is 0.274 e. The van der Waals surface area contributed by atoms with E-state index in [4.69, 9.17) is 11.6 Å². The molecule has 0 fully saturated rings. The molecule has 0 unspecified atom stereocenters. The number of halogens is 1. The van der Waals surface area contributed by atoms with Gasteiger partial charge in [-0.25, -0.2) is 4.68 Å². The molecule has 24 heavy (non-hydrogen) atoms. The lowest BCUT2D eigenvalue weighted by Gasteiger charge is -2.16. The van der Waals surface area contributed by atoms with Gasteiger partial charge in [0.15, 0.2) is 5.69 Å². The van der Waals surface area contributed by atoms with Crippen LogP contribution in [0.25, 0.3) is 5.69 Å². The molecule has 0 aliphatic rings. The zero-order valence-corrected chi connectivity index (χ0v) is 14.4. The topological polar surface area (TPSA) is 38.1 Å². The van der Waals surface area contributed by atoms with Gasteiger partial charge in [-0.15, -0.1) is 0 Å². The molecule has 0 saturated carbocycles. The Morgan fingerprint density at radius 1 is 1.12 bits per heavy atom. The van der Waals surface area contributed by atoms with Crippen molar-refractivity contribution < 1.29 is 4.79 Å². The van der Waals surface area contributed by atoms with Gasteiger partial charge in [0.25, 0.3) is 5.91 Å². The Morgan fingerprint density at radius 3 is 2.58 bits per heavy atom. The molecule has 0 aliphatic heterocycles. The molecule has 0 aliphatic carbocycles. The molecule has 0 saturated heterocycles. The molecule has 0 bridgehead atoms. The van der Waals surface area contributed by atoms with Crippen molar-refractivity contribution in [1.29, 1.82) is 0 Å². The molecular formula is C19H18ClN3O. The molecule has 0 radical (unpaired) electrons. The van der Waals surface area contributed by atoms with Crippen LogP contribution in [0.15, 0.2) is 60.7 Å². The van der Waals surface area contributed by atoms with E-state index >= 15 is 0 Å². The number of hydrogen-bond donors (Lipinski definition) is 0. The predicted molar refractivity (Wildman–Crippen MR) is 95.6 cm³/mol. The third kappa shape index (κ3) is 3.49. The molecule has 0 spiro atoms. The minimum absolute atomic E-state index is 0.118. The first-order valence-electron chi connectivity index (χ1n) is 7.66. The minimum atomic E-state index is -0.118. The monoisotopic (exact) mass is 339 g/mol. The minimum Gasteiger partial charge on any atom is -0.336 e. The van der Waals surface area contributed by atoms with Crippen LogP contribution >= 0.6 is 11.6 Å². The van der Waals surface area contributed by atoms with Gasteiger partial charge < -0.3 is 4.90 Å². The van der Waals surface area contributed by atoms with Crippen molar-refractivity contribution in [2.45, 2.75) is 13.5 Å². The molecule has 1 amide bonds. The summed E-state index contributed by atoms with van der Waals surface area (Å²) in [5.41, 5.74) is 3.27. The zero-order chi connectivity index (χ0) is 17.1. The molecule has 4 nitrogen and oxygen atoms in total. The summed E-state index contributed by atoms with van der Waals surface area (Å²) in [6.45, 7) is 2.42. The number of aryl methyl sites for hydroxylation is 1. The maximum Gasteiger partial charge on any atom is 0.274 e. The number of amides is 1. The first-order valence-corrected chi connectivity index (χ1v) is 8.04. The standard InChI is InChI=1S/C19H18ClN3O/c1-14-11-18(21-23(14)17-9-4-3-5-10-17)19(24)22(2)13-15-7-6-8-16(20)12-15/h3-12H,13H2,1-2H3. The second-order valence-electron chi connectivity index (χ2n) is 5.71. The van der Waals surface area contributed by atoms with Crippen molar-refractivity contribution in [3.63, 3.8) is 0 Å². The van der Waals surface area contributed by atoms with E-state index < -0.39 is 0 Å². The van der Waals surface area contributed by atoms with Crippen LogP contribution in [0.2, 0.25) is 5.02 Å². The summed E-state index contributed by atoms with van der Waals surface area (Å²) in [6.07, 6.45) is 0. The third-order valence-electron chi connectivity index (χ3n) is 3.76. The van der Waals surface area contributed by atoms with Crippen LogP contribution in [0.1, 0.15) is 21.7 Å². The summed E-state index contributed by atoms with van der Waals surface area (Å²) in [4.78, 5) is 14.3. The van der Waals surface area contributed by atoms with Crippen LogP contribution in [-0.2, 0) is 6.54 Å². The average molecular weight is 340 g/mol. The predicted octanol–water partition coefficient (Wildman–Crippen LogP) is 4.11. The Labute approximate surface area is 146 Å². The van der Waals surface area contributed by atoms with Gasteiger partial charge in [-0.05, 0) is 42.8 Å². The maximum absolute atomic E-state index is 12.6. The Bertz CT molecular complexity index is 858. The molecule has 5 heteroatoms. The fourth-order valence-corrected chi connectivity index (χ4v) is 2.80.